The van der Waals surface area contributed by atoms with Gasteiger partial charge >= 0.3 is 11.9 Å². The van der Waals surface area contributed by atoms with Crippen molar-refractivity contribution < 1.29 is 28.5 Å². The van der Waals surface area contributed by atoms with Crippen molar-refractivity contribution in [3.63, 3.8) is 0 Å². The number of benzene rings is 4. The minimum Gasteiger partial charge on any atom is -0.465 e. The Labute approximate surface area is 276 Å². The normalized spacial score (nSPS) is 13.5. The molecule has 0 radical (unpaired) electrons. The minimum absolute atomic E-state index is 0.245. The summed E-state index contributed by atoms with van der Waals surface area (Å²) in [5, 5.41) is 0. The lowest BCUT2D eigenvalue weighted by Crippen LogP contribution is -2.28. The average Bonchev–Trinajstić information content (AvgIpc) is 3.09. The van der Waals surface area contributed by atoms with Crippen LogP contribution in [0.4, 0.5) is 0 Å². The van der Waals surface area contributed by atoms with E-state index in [1.54, 1.807) is 0 Å². The van der Waals surface area contributed by atoms with Crippen LogP contribution in [-0.4, -0.2) is 75.2 Å². The molecule has 47 heavy (non-hydrogen) atoms. The van der Waals surface area contributed by atoms with Crippen LogP contribution >= 0.6 is 0 Å². The number of nitrogens with zero attached hydrogens (tertiary/aromatic N) is 2. The molecule has 0 amide bonds. The number of esters is 2. The summed E-state index contributed by atoms with van der Waals surface area (Å²) in [6.45, 7) is 4.30. The fraction of sp³-hybridized carbons (Fsp3) is 0.333. The molecule has 2 aliphatic heterocycles. The minimum atomic E-state index is -0.483. The second kappa shape index (κ2) is 15.3. The van der Waals surface area contributed by atoms with Gasteiger partial charge < -0.3 is 28.7 Å². The fourth-order valence-electron chi connectivity index (χ4n) is 6.34. The first-order valence-electron chi connectivity index (χ1n) is 16.4. The van der Waals surface area contributed by atoms with Gasteiger partial charge in [-0.05, 0) is 70.7 Å². The van der Waals surface area contributed by atoms with Gasteiger partial charge in [0.15, 0.2) is 0 Å². The molecule has 0 N–H and O–H groups in total. The summed E-state index contributed by atoms with van der Waals surface area (Å²) >= 11 is 0. The van der Waals surface area contributed by atoms with Crippen LogP contribution in [0.25, 0.3) is 0 Å². The monoisotopic (exact) mass is 634 g/mol. The highest BCUT2D eigenvalue weighted by molar-refractivity contribution is 5.86. The van der Waals surface area contributed by atoms with E-state index in [1.807, 2.05) is 97.1 Å². The van der Waals surface area contributed by atoms with Crippen molar-refractivity contribution in [1.29, 1.82) is 0 Å². The Morgan fingerprint density at radius 3 is 1.15 bits per heavy atom. The van der Waals surface area contributed by atoms with E-state index in [-0.39, 0.29) is 11.9 Å². The van der Waals surface area contributed by atoms with Gasteiger partial charge in [0, 0.05) is 35.3 Å². The molecule has 8 nitrogen and oxygen atoms in total. The van der Waals surface area contributed by atoms with Crippen LogP contribution < -0.4 is 9.47 Å². The second-order valence-electron chi connectivity index (χ2n) is 12.2. The van der Waals surface area contributed by atoms with E-state index in [2.05, 4.69) is 23.9 Å². The van der Waals surface area contributed by atoms with Crippen LogP contribution in [0.5, 0.6) is 23.0 Å². The van der Waals surface area contributed by atoms with Gasteiger partial charge in [-0.2, -0.15) is 0 Å². The maximum absolute atomic E-state index is 13.2. The topological polar surface area (TPSA) is 77.5 Å². The molecule has 2 aliphatic rings. The van der Waals surface area contributed by atoms with Crippen LogP contribution in [0.15, 0.2) is 97.1 Å². The van der Waals surface area contributed by atoms with Crippen molar-refractivity contribution in [2.24, 2.45) is 0 Å². The van der Waals surface area contributed by atoms with Crippen molar-refractivity contribution in [1.82, 2.24) is 9.80 Å². The Kier molecular flexibility index (Phi) is 10.5. The molecule has 0 aromatic heterocycles. The summed E-state index contributed by atoms with van der Waals surface area (Å²) in [5.41, 5.74) is 3.36. The summed E-state index contributed by atoms with van der Waals surface area (Å²) in [6, 6.07) is 30.6. The number of ether oxygens (including phenoxy) is 4. The van der Waals surface area contributed by atoms with E-state index in [1.165, 1.54) is 0 Å². The van der Waals surface area contributed by atoms with Gasteiger partial charge in [0.25, 0.3) is 0 Å². The first-order valence-corrected chi connectivity index (χ1v) is 16.4. The van der Waals surface area contributed by atoms with Crippen molar-refractivity contribution in [2.45, 2.75) is 31.1 Å². The molecular weight excluding hydrogens is 592 g/mol. The van der Waals surface area contributed by atoms with Gasteiger partial charge in [-0.3, -0.25) is 9.59 Å². The second-order valence-corrected chi connectivity index (χ2v) is 12.2. The summed E-state index contributed by atoms with van der Waals surface area (Å²) in [5.74, 6) is 1.34. The van der Waals surface area contributed by atoms with E-state index in [9.17, 15) is 9.59 Å². The first-order chi connectivity index (χ1) is 23.0. The molecule has 0 bridgehead atoms. The maximum Gasteiger partial charge on any atom is 0.318 e. The highest BCUT2D eigenvalue weighted by Gasteiger charge is 2.34. The largest absolute Gasteiger partial charge is 0.465 e. The van der Waals surface area contributed by atoms with Crippen LogP contribution in [0.2, 0.25) is 0 Å². The summed E-state index contributed by atoms with van der Waals surface area (Å²) in [4.78, 5) is 31.0. The molecule has 0 unspecified atom stereocenters. The molecule has 0 spiro atoms. The molecule has 0 saturated carbocycles. The van der Waals surface area contributed by atoms with Crippen LogP contribution in [0.3, 0.4) is 0 Å². The van der Waals surface area contributed by atoms with E-state index in [4.69, 9.17) is 18.9 Å². The Morgan fingerprint density at radius 2 is 0.809 bits per heavy atom. The quantitative estimate of drug-likeness (QED) is 0.109. The van der Waals surface area contributed by atoms with E-state index < -0.39 is 11.8 Å². The van der Waals surface area contributed by atoms with Crippen molar-refractivity contribution in [2.75, 3.05) is 53.5 Å². The highest BCUT2D eigenvalue weighted by atomic mass is 16.5. The van der Waals surface area contributed by atoms with Crippen LogP contribution in [-0.2, 0) is 19.1 Å². The predicted octanol–water partition coefficient (Wildman–Crippen LogP) is 6.98. The van der Waals surface area contributed by atoms with E-state index in [0.717, 1.165) is 67.7 Å². The Balaban J connectivity index is 0.868. The molecule has 244 valence electrons. The average molecular weight is 635 g/mol. The van der Waals surface area contributed by atoms with Gasteiger partial charge in [-0.15, -0.1) is 0 Å². The highest BCUT2D eigenvalue weighted by Crippen LogP contribution is 2.45. The molecule has 4 aromatic carbocycles. The number of carbonyl (C=O) groups is 2. The Hall–Kier alpha value is -4.66. The third-order valence-electron chi connectivity index (χ3n) is 8.77. The SMILES string of the molecule is CN(CCCOC(=O)C1c2ccccc2Oc2ccccc21)CCCN(C)CCCOC(=O)C1c2ccccc2Oc2ccccc21. The molecule has 2 heterocycles. The molecule has 0 atom stereocenters. The summed E-state index contributed by atoms with van der Waals surface area (Å²) < 4.78 is 23.5. The van der Waals surface area contributed by atoms with Gasteiger partial charge in [-0.25, -0.2) is 0 Å². The van der Waals surface area contributed by atoms with Gasteiger partial charge in [0.1, 0.15) is 34.8 Å². The maximum atomic E-state index is 13.2. The predicted molar refractivity (Wildman–Crippen MR) is 180 cm³/mol. The van der Waals surface area contributed by atoms with Gasteiger partial charge in [0.2, 0.25) is 0 Å². The van der Waals surface area contributed by atoms with Crippen molar-refractivity contribution in [3.8, 4) is 23.0 Å². The first kappa shape index (κ1) is 32.3. The zero-order valence-electron chi connectivity index (χ0n) is 27.1. The number of fused-ring (bicyclic) bond motifs is 4. The summed E-state index contributed by atoms with van der Waals surface area (Å²) in [6.07, 6.45) is 2.54. The smallest absolute Gasteiger partial charge is 0.318 e. The van der Waals surface area contributed by atoms with E-state index >= 15 is 0 Å². The molecule has 4 aromatic rings. The van der Waals surface area contributed by atoms with E-state index in [0.29, 0.717) is 36.2 Å². The lowest BCUT2D eigenvalue weighted by atomic mass is 9.88. The number of hydrogen-bond donors (Lipinski definition) is 0. The Bertz CT molecular complexity index is 1480. The number of para-hydroxylation sites is 4. The third-order valence-corrected chi connectivity index (χ3v) is 8.77. The standard InChI is InChI=1S/C39H42N2O6/c1-40(24-12-26-44-38(42)36-28-14-3-7-18-32(28)46-33-19-8-4-15-29(33)36)22-11-23-41(2)25-13-27-45-39(43)37-30-16-5-9-20-34(30)47-35-21-10-6-17-31(35)37/h3-10,14-21,36-37H,11-13,22-27H2,1-2H3. The fourth-order valence-corrected chi connectivity index (χ4v) is 6.34. The number of rotatable bonds is 14. The van der Waals surface area contributed by atoms with Gasteiger partial charge in [-0.1, -0.05) is 72.8 Å². The zero-order valence-corrected chi connectivity index (χ0v) is 27.1. The van der Waals surface area contributed by atoms with Crippen LogP contribution in [0, 0.1) is 0 Å². The summed E-state index contributed by atoms with van der Waals surface area (Å²) in [7, 11) is 4.19. The molecule has 0 aliphatic carbocycles. The molecule has 8 heteroatoms. The lowest BCUT2D eigenvalue weighted by molar-refractivity contribution is -0.145. The lowest BCUT2D eigenvalue weighted by Gasteiger charge is -2.27. The molecular formula is C39H42N2O6. The number of hydrogen-bond acceptors (Lipinski definition) is 8. The van der Waals surface area contributed by atoms with Crippen molar-refractivity contribution >= 4 is 11.9 Å². The Morgan fingerprint density at radius 1 is 0.511 bits per heavy atom. The van der Waals surface area contributed by atoms with Crippen molar-refractivity contribution in [3.05, 3.63) is 119 Å². The van der Waals surface area contributed by atoms with Gasteiger partial charge in [0.05, 0.1) is 13.2 Å². The zero-order chi connectivity index (χ0) is 32.6. The molecule has 6 rings (SSSR count). The number of carbonyl (C=O) groups excluding carboxylic acids is 2. The third kappa shape index (κ3) is 7.67. The molecule has 0 saturated heterocycles. The molecule has 0 fully saturated rings. The van der Waals surface area contributed by atoms with Crippen LogP contribution in [0.1, 0.15) is 53.4 Å².